The Labute approximate surface area is 145 Å². The SMILES string of the molecule is CC(C)=C[C@@H]1[C@H](C(=O)NS(=O)(=O)c2cccc3nsnc23)C1(C)C. The molecule has 0 bridgehead atoms. The van der Waals surface area contributed by atoms with E-state index in [1.54, 1.807) is 12.1 Å². The number of fused-ring (bicyclic) bond motifs is 1. The molecule has 1 amide bonds. The fourth-order valence-electron chi connectivity index (χ4n) is 3.10. The summed E-state index contributed by atoms with van der Waals surface area (Å²) in [5, 5.41) is 0. The molecule has 3 rings (SSSR count). The lowest BCUT2D eigenvalue weighted by Gasteiger charge is -2.08. The van der Waals surface area contributed by atoms with Gasteiger partial charge in [-0.1, -0.05) is 31.6 Å². The monoisotopic (exact) mass is 365 g/mol. The molecule has 128 valence electrons. The van der Waals surface area contributed by atoms with Gasteiger partial charge >= 0.3 is 0 Å². The van der Waals surface area contributed by atoms with Gasteiger partial charge in [0.25, 0.3) is 10.0 Å². The number of hydrogen-bond acceptors (Lipinski definition) is 6. The third kappa shape index (κ3) is 2.84. The highest BCUT2D eigenvalue weighted by atomic mass is 32.2. The average molecular weight is 365 g/mol. The first kappa shape index (κ1) is 17.0. The Morgan fingerprint density at radius 2 is 2.00 bits per heavy atom. The zero-order chi connectivity index (χ0) is 17.7. The quantitative estimate of drug-likeness (QED) is 0.842. The number of hydrogen-bond donors (Lipinski definition) is 1. The second-order valence-electron chi connectivity index (χ2n) is 6.93. The van der Waals surface area contributed by atoms with Crippen molar-refractivity contribution in [2.45, 2.75) is 32.6 Å². The van der Waals surface area contributed by atoms with E-state index >= 15 is 0 Å². The van der Waals surface area contributed by atoms with Crippen molar-refractivity contribution >= 4 is 38.7 Å². The van der Waals surface area contributed by atoms with Crippen LogP contribution in [0.3, 0.4) is 0 Å². The van der Waals surface area contributed by atoms with Crippen LogP contribution in [0.5, 0.6) is 0 Å². The molecule has 24 heavy (non-hydrogen) atoms. The Hall–Kier alpha value is -1.80. The second-order valence-corrected chi connectivity index (χ2v) is 9.11. The average Bonchev–Trinajstić information content (AvgIpc) is 2.84. The summed E-state index contributed by atoms with van der Waals surface area (Å²) in [4.78, 5) is 12.5. The second kappa shape index (κ2) is 5.63. The van der Waals surface area contributed by atoms with Crippen LogP contribution < -0.4 is 4.72 Å². The first-order valence-corrected chi connectivity index (χ1v) is 9.79. The maximum absolute atomic E-state index is 12.6. The minimum absolute atomic E-state index is 0.0145. The normalized spacial score (nSPS) is 22.2. The molecule has 1 N–H and O–H groups in total. The minimum atomic E-state index is -3.98. The van der Waals surface area contributed by atoms with E-state index in [1.807, 2.05) is 33.8 Å². The van der Waals surface area contributed by atoms with E-state index in [1.165, 1.54) is 6.07 Å². The van der Waals surface area contributed by atoms with Crippen LogP contribution in [0.4, 0.5) is 0 Å². The molecule has 1 aliphatic carbocycles. The van der Waals surface area contributed by atoms with E-state index in [4.69, 9.17) is 0 Å². The van der Waals surface area contributed by atoms with Gasteiger partial charge in [-0.05, 0) is 37.3 Å². The van der Waals surface area contributed by atoms with Crippen LogP contribution in [0, 0.1) is 17.3 Å². The number of benzene rings is 1. The molecule has 0 saturated heterocycles. The van der Waals surface area contributed by atoms with E-state index in [2.05, 4.69) is 13.5 Å². The van der Waals surface area contributed by atoms with E-state index in [9.17, 15) is 13.2 Å². The van der Waals surface area contributed by atoms with E-state index in [0.29, 0.717) is 11.0 Å². The third-order valence-corrected chi connectivity index (χ3v) is 6.40. The number of aromatic nitrogens is 2. The molecule has 1 saturated carbocycles. The largest absolute Gasteiger partial charge is 0.274 e. The molecule has 0 spiro atoms. The fourth-order valence-corrected chi connectivity index (χ4v) is 4.87. The Balaban J connectivity index is 1.87. The summed E-state index contributed by atoms with van der Waals surface area (Å²) in [6.45, 7) is 7.88. The molecular formula is C16H19N3O3S2. The maximum Gasteiger partial charge on any atom is 0.266 e. The van der Waals surface area contributed by atoms with Gasteiger partial charge in [0.2, 0.25) is 5.91 Å². The number of rotatable bonds is 4. The number of nitrogens with zero attached hydrogens (tertiary/aromatic N) is 2. The molecular weight excluding hydrogens is 346 g/mol. The molecule has 0 aliphatic heterocycles. The number of carbonyl (C=O) groups excluding carboxylic acids is 1. The highest BCUT2D eigenvalue weighted by Crippen LogP contribution is 2.59. The highest BCUT2D eigenvalue weighted by Gasteiger charge is 2.60. The Kier molecular flexibility index (Phi) is 4.00. The number of allylic oxidation sites excluding steroid dienone is 2. The van der Waals surface area contributed by atoms with Crippen molar-refractivity contribution in [2.75, 3.05) is 0 Å². The van der Waals surface area contributed by atoms with Crippen molar-refractivity contribution in [3.63, 3.8) is 0 Å². The van der Waals surface area contributed by atoms with Crippen LogP contribution in [-0.4, -0.2) is 23.1 Å². The Morgan fingerprint density at radius 1 is 1.29 bits per heavy atom. The molecule has 1 aromatic carbocycles. The van der Waals surface area contributed by atoms with Crippen LogP contribution in [-0.2, 0) is 14.8 Å². The molecule has 0 radical (unpaired) electrons. The van der Waals surface area contributed by atoms with Crippen molar-refractivity contribution in [1.29, 1.82) is 0 Å². The van der Waals surface area contributed by atoms with Crippen molar-refractivity contribution in [3.8, 4) is 0 Å². The molecule has 8 heteroatoms. The molecule has 1 aliphatic rings. The molecule has 2 aromatic rings. The summed E-state index contributed by atoms with van der Waals surface area (Å²) in [5.74, 6) is -0.771. The Bertz CT molecular complexity index is 940. The van der Waals surface area contributed by atoms with Crippen molar-refractivity contribution < 1.29 is 13.2 Å². The zero-order valence-electron chi connectivity index (χ0n) is 13.9. The summed E-state index contributed by atoms with van der Waals surface area (Å²) in [6, 6.07) is 4.72. The lowest BCUT2D eigenvalue weighted by molar-refractivity contribution is -0.121. The summed E-state index contributed by atoms with van der Waals surface area (Å²) in [6.07, 6.45) is 2.03. The van der Waals surface area contributed by atoms with Gasteiger partial charge in [-0.3, -0.25) is 4.79 Å². The van der Waals surface area contributed by atoms with Crippen LogP contribution >= 0.6 is 11.7 Å². The van der Waals surface area contributed by atoms with Crippen molar-refractivity contribution in [1.82, 2.24) is 13.5 Å². The highest BCUT2D eigenvalue weighted by molar-refractivity contribution is 7.90. The topological polar surface area (TPSA) is 89.0 Å². The summed E-state index contributed by atoms with van der Waals surface area (Å²) < 4.78 is 35.5. The fraction of sp³-hybridized carbons (Fsp3) is 0.438. The molecule has 1 heterocycles. The van der Waals surface area contributed by atoms with Gasteiger partial charge in [0.05, 0.1) is 17.6 Å². The van der Waals surface area contributed by atoms with Gasteiger partial charge < -0.3 is 0 Å². The van der Waals surface area contributed by atoms with Crippen molar-refractivity contribution in [2.24, 2.45) is 17.3 Å². The van der Waals surface area contributed by atoms with E-state index in [0.717, 1.165) is 17.3 Å². The van der Waals surface area contributed by atoms with Gasteiger partial charge in [0.1, 0.15) is 15.9 Å². The number of carbonyl (C=O) groups is 1. The minimum Gasteiger partial charge on any atom is -0.274 e. The lowest BCUT2D eigenvalue weighted by Crippen LogP contribution is -2.33. The van der Waals surface area contributed by atoms with E-state index in [-0.39, 0.29) is 22.1 Å². The number of amides is 1. The van der Waals surface area contributed by atoms with E-state index < -0.39 is 15.9 Å². The predicted octanol–water partition coefficient (Wildman–Crippen LogP) is 2.73. The molecule has 0 unspecified atom stereocenters. The maximum atomic E-state index is 12.6. The van der Waals surface area contributed by atoms with Crippen LogP contribution in [0.1, 0.15) is 27.7 Å². The van der Waals surface area contributed by atoms with Gasteiger partial charge in [-0.2, -0.15) is 8.75 Å². The first-order valence-electron chi connectivity index (χ1n) is 7.57. The summed E-state index contributed by atoms with van der Waals surface area (Å²) in [7, 11) is -3.98. The van der Waals surface area contributed by atoms with Crippen LogP contribution in [0.2, 0.25) is 0 Å². The Morgan fingerprint density at radius 3 is 2.67 bits per heavy atom. The predicted molar refractivity (Wildman–Crippen MR) is 92.9 cm³/mol. The number of nitrogens with one attached hydrogen (secondary N) is 1. The van der Waals surface area contributed by atoms with Crippen LogP contribution in [0.25, 0.3) is 11.0 Å². The lowest BCUT2D eigenvalue weighted by atomic mass is 10.1. The van der Waals surface area contributed by atoms with Crippen molar-refractivity contribution in [3.05, 3.63) is 29.8 Å². The van der Waals surface area contributed by atoms with Gasteiger partial charge in [0.15, 0.2) is 0 Å². The summed E-state index contributed by atoms with van der Waals surface area (Å²) >= 11 is 0.943. The third-order valence-electron chi connectivity index (χ3n) is 4.48. The molecule has 1 aromatic heterocycles. The van der Waals surface area contributed by atoms with Gasteiger partial charge in [-0.25, -0.2) is 13.1 Å². The summed E-state index contributed by atoms with van der Waals surface area (Å²) in [5.41, 5.74) is 1.66. The zero-order valence-corrected chi connectivity index (χ0v) is 15.5. The first-order chi connectivity index (χ1) is 11.1. The van der Waals surface area contributed by atoms with Crippen LogP contribution in [0.15, 0.2) is 34.7 Å². The molecule has 2 atom stereocenters. The standard InChI is InChI=1S/C16H19N3O3S2/c1-9(2)8-10-13(16(10,3)4)15(20)19-24(21,22)12-7-5-6-11-14(12)18-23-17-11/h5-8,10,13H,1-4H3,(H,19,20)/t10-,13-/m1/s1. The molecule has 1 fully saturated rings. The van der Waals surface area contributed by atoms with Gasteiger partial charge in [-0.15, -0.1) is 0 Å². The van der Waals surface area contributed by atoms with Gasteiger partial charge in [0, 0.05) is 0 Å². The molecule has 6 nitrogen and oxygen atoms in total. The number of sulfonamides is 1. The smallest absolute Gasteiger partial charge is 0.266 e.